The van der Waals surface area contributed by atoms with Crippen molar-refractivity contribution in [2.24, 2.45) is 0 Å². The van der Waals surface area contributed by atoms with Gasteiger partial charge < -0.3 is 14.8 Å². The van der Waals surface area contributed by atoms with Crippen LogP contribution in [0.4, 0.5) is 0 Å². The molecule has 5 N–H and O–H groups in total. The van der Waals surface area contributed by atoms with E-state index in [1.54, 1.807) is 0 Å². The summed E-state index contributed by atoms with van der Waals surface area (Å²) in [5.74, 6) is 0.360. The molecule has 0 spiro atoms. The minimum atomic E-state index is -4.16. The Labute approximate surface area is 125 Å². The van der Waals surface area contributed by atoms with Crippen molar-refractivity contribution in [2.45, 2.75) is 12.5 Å². The maximum absolute atomic E-state index is 11.1. The van der Waals surface area contributed by atoms with E-state index in [9.17, 15) is 4.57 Å². The number of aromatic amines is 2. The molecule has 0 aliphatic rings. The summed E-state index contributed by atoms with van der Waals surface area (Å²) in [6.45, 7) is 0. The molecule has 3 aromatic rings. The van der Waals surface area contributed by atoms with E-state index in [0.29, 0.717) is 12.2 Å². The molecule has 0 fully saturated rings. The lowest BCUT2D eigenvalue weighted by atomic mass is 10.0. The van der Waals surface area contributed by atoms with E-state index in [0.717, 1.165) is 16.5 Å². The van der Waals surface area contributed by atoms with Crippen LogP contribution < -0.4 is 5.32 Å². The van der Waals surface area contributed by atoms with Crippen LogP contribution in [0.1, 0.15) is 17.4 Å². The average molecular weight is 322 g/mol. The number of nitrogens with one attached hydrogen (secondary N) is 3. The summed E-state index contributed by atoms with van der Waals surface area (Å²) in [6.07, 6.45) is 1.90. The average Bonchev–Trinajstić information content (AvgIpc) is 3.12. The molecule has 0 unspecified atom stereocenters. The summed E-state index contributed by atoms with van der Waals surface area (Å²) < 4.78 is 11.1. The summed E-state index contributed by atoms with van der Waals surface area (Å²) in [4.78, 5) is 21.2. The summed E-state index contributed by atoms with van der Waals surface area (Å²) >= 11 is 0. The lowest BCUT2D eigenvalue weighted by Crippen LogP contribution is -2.25. The number of fused-ring (bicyclic) bond motifs is 1. The van der Waals surface area contributed by atoms with E-state index in [-0.39, 0.29) is 0 Å². The minimum Gasteiger partial charge on any atom is -0.361 e. The number of benzene rings is 1. The quantitative estimate of drug-likeness (QED) is 0.421. The SMILES string of the molecule is O=P(O)(O)CN[C@@H](Cc1c[nH]c2ccccc12)c1nn[nH]n1. The zero-order valence-corrected chi connectivity index (χ0v) is 12.4. The Morgan fingerprint density at radius 2 is 2.14 bits per heavy atom. The molecule has 3 rings (SSSR count). The maximum Gasteiger partial charge on any atom is 0.339 e. The van der Waals surface area contributed by atoms with Gasteiger partial charge in [0.2, 0.25) is 0 Å². The molecule has 9 nitrogen and oxygen atoms in total. The lowest BCUT2D eigenvalue weighted by molar-refractivity contribution is 0.362. The van der Waals surface area contributed by atoms with Crippen molar-refractivity contribution in [3.63, 3.8) is 0 Å². The highest BCUT2D eigenvalue weighted by atomic mass is 31.2. The molecule has 0 saturated carbocycles. The minimum absolute atomic E-state index is 0.360. The topological polar surface area (TPSA) is 140 Å². The second-order valence-electron chi connectivity index (χ2n) is 4.91. The van der Waals surface area contributed by atoms with Crippen molar-refractivity contribution in [1.82, 2.24) is 30.9 Å². The number of aromatic nitrogens is 5. The van der Waals surface area contributed by atoms with Gasteiger partial charge in [0.1, 0.15) is 0 Å². The zero-order valence-electron chi connectivity index (χ0n) is 11.5. The molecule has 2 aromatic heterocycles. The van der Waals surface area contributed by atoms with Gasteiger partial charge in [0, 0.05) is 17.1 Å². The molecule has 2 heterocycles. The van der Waals surface area contributed by atoms with Crippen molar-refractivity contribution in [2.75, 3.05) is 6.29 Å². The molecule has 1 aromatic carbocycles. The van der Waals surface area contributed by atoms with Gasteiger partial charge in [-0.15, -0.1) is 10.2 Å². The Morgan fingerprint density at radius 1 is 1.32 bits per heavy atom. The van der Waals surface area contributed by atoms with Gasteiger partial charge in [-0.2, -0.15) is 5.21 Å². The molecular weight excluding hydrogens is 307 g/mol. The van der Waals surface area contributed by atoms with Gasteiger partial charge in [-0.25, -0.2) is 0 Å². The van der Waals surface area contributed by atoms with Gasteiger partial charge >= 0.3 is 7.60 Å². The number of rotatable bonds is 6. The van der Waals surface area contributed by atoms with Crippen molar-refractivity contribution >= 4 is 18.5 Å². The Kier molecular flexibility index (Phi) is 4.04. The van der Waals surface area contributed by atoms with E-state index < -0.39 is 19.9 Å². The first-order valence-corrected chi connectivity index (χ1v) is 8.39. The molecule has 0 bridgehead atoms. The Balaban J connectivity index is 1.85. The van der Waals surface area contributed by atoms with Gasteiger partial charge in [0.25, 0.3) is 0 Å². The van der Waals surface area contributed by atoms with Crippen LogP contribution >= 0.6 is 7.60 Å². The van der Waals surface area contributed by atoms with Crippen molar-refractivity contribution in [1.29, 1.82) is 0 Å². The molecule has 1 atom stereocenters. The number of hydrogen-bond acceptors (Lipinski definition) is 5. The van der Waals surface area contributed by atoms with E-state index in [1.165, 1.54) is 0 Å². The Morgan fingerprint density at radius 3 is 2.86 bits per heavy atom. The number of nitrogens with zero attached hydrogens (tertiary/aromatic N) is 3. The van der Waals surface area contributed by atoms with Crippen LogP contribution in [0.25, 0.3) is 10.9 Å². The van der Waals surface area contributed by atoms with Crippen LogP contribution in [-0.4, -0.2) is 41.7 Å². The summed E-state index contributed by atoms with van der Waals surface area (Å²) in [5.41, 5.74) is 2.00. The van der Waals surface area contributed by atoms with Crippen LogP contribution in [0, 0.1) is 0 Å². The number of para-hydroxylation sites is 1. The van der Waals surface area contributed by atoms with Gasteiger partial charge in [0.05, 0.1) is 12.3 Å². The molecular formula is C12H15N6O3P. The first-order chi connectivity index (χ1) is 10.5. The highest BCUT2D eigenvalue weighted by Gasteiger charge is 2.22. The van der Waals surface area contributed by atoms with Crippen LogP contribution in [0.5, 0.6) is 0 Å². The van der Waals surface area contributed by atoms with E-state index in [1.807, 2.05) is 30.5 Å². The molecule has 0 aliphatic carbocycles. The van der Waals surface area contributed by atoms with Crippen molar-refractivity contribution < 1.29 is 14.4 Å². The Hall–Kier alpha value is -2.06. The number of tetrazole rings is 1. The fraction of sp³-hybridized carbons (Fsp3) is 0.250. The monoisotopic (exact) mass is 322 g/mol. The summed E-state index contributed by atoms with van der Waals surface area (Å²) in [5, 5.41) is 17.5. The first-order valence-electron chi connectivity index (χ1n) is 6.59. The van der Waals surface area contributed by atoms with Gasteiger partial charge in [0.15, 0.2) is 5.82 Å². The van der Waals surface area contributed by atoms with Gasteiger partial charge in [-0.1, -0.05) is 23.4 Å². The van der Waals surface area contributed by atoms with E-state index in [4.69, 9.17) is 9.79 Å². The highest BCUT2D eigenvalue weighted by molar-refractivity contribution is 7.51. The van der Waals surface area contributed by atoms with Crippen molar-refractivity contribution in [3.05, 3.63) is 41.9 Å². The van der Waals surface area contributed by atoms with Crippen LogP contribution in [0.2, 0.25) is 0 Å². The largest absolute Gasteiger partial charge is 0.361 e. The standard InChI is InChI=1S/C12H15N6O3P/c19-22(20,21)7-14-11(12-15-17-18-16-12)5-8-6-13-10-4-2-1-3-9(8)10/h1-4,6,11,13-14H,5,7H2,(H2,19,20,21)(H,15,16,17,18)/t11-/m0/s1. The molecule has 10 heteroatoms. The molecule has 116 valence electrons. The molecule has 0 aliphatic heterocycles. The van der Waals surface area contributed by atoms with E-state index >= 15 is 0 Å². The second kappa shape index (κ2) is 5.98. The fourth-order valence-corrected chi connectivity index (χ4v) is 2.78. The predicted molar refractivity (Wildman–Crippen MR) is 79.0 cm³/mol. The van der Waals surface area contributed by atoms with E-state index in [2.05, 4.69) is 30.9 Å². The first kappa shape index (κ1) is 14.9. The third-order valence-corrected chi connectivity index (χ3v) is 3.91. The van der Waals surface area contributed by atoms with Gasteiger partial charge in [-0.3, -0.25) is 9.88 Å². The normalized spacial score (nSPS) is 13.5. The molecule has 0 saturated heterocycles. The van der Waals surface area contributed by atoms with Gasteiger partial charge in [-0.05, 0) is 18.1 Å². The maximum atomic E-state index is 11.1. The Bertz CT molecular complexity index is 796. The predicted octanol–water partition coefficient (Wildman–Crippen LogP) is 0.690. The zero-order chi connectivity index (χ0) is 15.6. The second-order valence-corrected chi connectivity index (χ2v) is 6.56. The molecule has 0 radical (unpaired) electrons. The summed E-state index contributed by atoms with van der Waals surface area (Å²) in [6, 6.07) is 7.37. The van der Waals surface area contributed by atoms with Crippen LogP contribution in [-0.2, 0) is 11.0 Å². The third-order valence-electron chi connectivity index (χ3n) is 3.32. The third kappa shape index (κ3) is 3.40. The van der Waals surface area contributed by atoms with Crippen molar-refractivity contribution in [3.8, 4) is 0 Å². The van der Waals surface area contributed by atoms with Crippen LogP contribution in [0.15, 0.2) is 30.5 Å². The smallest absolute Gasteiger partial charge is 0.339 e. The number of hydrogen-bond donors (Lipinski definition) is 5. The number of H-pyrrole nitrogens is 2. The molecule has 0 amide bonds. The van der Waals surface area contributed by atoms with Crippen LogP contribution in [0.3, 0.4) is 0 Å². The lowest BCUT2D eigenvalue weighted by Gasteiger charge is -2.15. The fourth-order valence-electron chi connectivity index (χ4n) is 2.32. The highest BCUT2D eigenvalue weighted by Crippen LogP contribution is 2.33. The molecule has 22 heavy (non-hydrogen) atoms. The summed E-state index contributed by atoms with van der Waals surface area (Å²) in [7, 11) is -4.16.